The van der Waals surface area contributed by atoms with Crippen LogP contribution in [0.4, 0.5) is 17.6 Å². The summed E-state index contributed by atoms with van der Waals surface area (Å²) >= 11 is 5.78. The van der Waals surface area contributed by atoms with Crippen LogP contribution in [0.3, 0.4) is 0 Å². The van der Waals surface area contributed by atoms with Gasteiger partial charge in [0.2, 0.25) is 11.8 Å². The van der Waals surface area contributed by atoms with Crippen molar-refractivity contribution in [1.29, 1.82) is 0 Å². The summed E-state index contributed by atoms with van der Waals surface area (Å²) in [6.07, 6.45) is -7.25. The van der Waals surface area contributed by atoms with E-state index in [1.807, 2.05) is 0 Å². The van der Waals surface area contributed by atoms with Crippen LogP contribution in [-0.2, 0) is 19.9 Å². The highest BCUT2D eigenvalue weighted by Crippen LogP contribution is 2.48. The fraction of sp³-hybridized carbons (Fsp3) is 0.550. The quantitative estimate of drug-likeness (QED) is 0.582. The number of amides is 1. The maximum absolute atomic E-state index is 14.7. The normalized spacial score (nSPS) is 24.7. The molecule has 1 saturated heterocycles. The van der Waals surface area contributed by atoms with Crippen LogP contribution in [0.1, 0.15) is 43.6 Å². The zero-order valence-electron chi connectivity index (χ0n) is 17.1. The van der Waals surface area contributed by atoms with E-state index in [-0.39, 0.29) is 44.3 Å². The minimum Gasteiger partial charge on any atom is -0.484 e. The summed E-state index contributed by atoms with van der Waals surface area (Å²) < 4.78 is 73.3. The summed E-state index contributed by atoms with van der Waals surface area (Å²) in [5.74, 6) is -0.652. The van der Waals surface area contributed by atoms with Crippen molar-refractivity contribution in [3.63, 3.8) is 0 Å². The van der Waals surface area contributed by atoms with E-state index < -0.39 is 36.2 Å². The van der Waals surface area contributed by atoms with Gasteiger partial charge in [0.05, 0.1) is 12.6 Å². The number of carbonyl (C=O) groups is 1. The largest absolute Gasteiger partial charge is 0.523 e. The van der Waals surface area contributed by atoms with Crippen LogP contribution in [0, 0.1) is 0 Å². The van der Waals surface area contributed by atoms with Gasteiger partial charge in [-0.3, -0.25) is 9.53 Å². The van der Waals surface area contributed by atoms with Crippen molar-refractivity contribution < 1.29 is 41.0 Å². The van der Waals surface area contributed by atoms with Crippen molar-refractivity contribution in [2.24, 2.45) is 0 Å². The molecule has 1 aliphatic carbocycles. The summed E-state index contributed by atoms with van der Waals surface area (Å²) in [7, 11) is 0. The molecule has 0 unspecified atom stereocenters. The zero-order chi connectivity index (χ0) is 23.6. The lowest BCUT2D eigenvalue weighted by Gasteiger charge is -2.38. The lowest BCUT2D eigenvalue weighted by atomic mass is 9.80. The monoisotopic (exact) mass is 493 g/mol. The van der Waals surface area contributed by atoms with Crippen molar-refractivity contribution in [2.45, 2.75) is 56.0 Å². The highest BCUT2D eigenvalue weighted by atomic mass is 35.5. The molecule has 0 bridgehead atoms. The molecule has 1 aromatic heterocycles. The van der Waals surface area contributed by atoms with Gasteiger partial charge in [0.25, 0.3) is 5.91 Å². The third-order valence-corrected chi connectivity index (χ3v) is 5.66. The SMILES string of the molecule is O=C(COc1ccc(Cl)cc1)N[C@H]1CO[C@H](c2nnc(C3(OC(F)(F)F)CCC3)o2)[C@@H](F)C1. The van der Waals surface area contributed by atoms with E-state index in [0.717, 1.165) is 0 Å². The lowest BCUT2D eigenvalue weighted by Crippen LogP contribution is -2.46. The van der Waals surface area contributed by atoms with Crippen molar-refractivity contribution in [1.82, 2.24) is 15.5 Å². The molecule has 3 atom stereocenters. The molecule has 2 aliphatic rings. The molecule has 1 amide bonds. The van der Waals surface area contributed by atoms with Crippen molar-refractivity contribution in [3.05, 3.63) is 41.1 Å². The first-order valence-electron chi connectivity index (χ1n) is 10.2. The molecule has 33 heavy (non-hydrogen) atoms. The molecule has 180 valence electrons. The Kier molecular flexibility index (Phi) is 6.78. The molecule has 2 heterocycles. The smallest absolute Gasteiger partial charge is 0.484 e. The first kappa shape index (κ1) is 23.7. The fourth-order valence-electron chi connectivity index (χ4n) is 3.68. The second-order valence-electron chi connectivity index (χ2n) is 7.85. The molecule has 8 nitrogen and oxygen atoms in total. The van der Waals surface area contributed by atoms with Crippen molar-refractivity contribution in [2.75, 3.05) is 13.2 Å². The predicted octanol–water partition coefficient (Wildman–Crippen LogP) is 4.00. The van der Waals surface area contributed by atoms with Gasteiger partial charge in [-0.1, -0.05) is 11.6 Å². The van der Waals surface area contributed by atoms with E-state index in [9.17, 15) is 22.4 Å². The second-order valence-corrected chi connectivity index (χ2v) is 8.29. The van der Waals surface area contributed by atoms with Crippen molar-refractivity contribution in [3.8, 4) is 5.75 Å². The molecule has 0 radical (unpaired) electrons. The molecule has 1 aromatic carbocycles. The number of rotatable bonds is 7. The zero-order valence-corrected chi connectivity index (χ0v) is 17.9. The van der Waals surface area contributed by atoms with E-state index in [2.05, 4.69) is 20.3 Å². The molecule has 1 N–H and O–H groups in total. The first-order chi connectivity index (χ1) is 15.6. The lowest BCUT2D eigenvalue weighted by molar-refractivity contribution is -0.387. The van der Waals surface area contributed by atoms with Crippen LogP contribution < -0.4 is 10.1 Å². The number of nitrogens with one attached hydrogen (secondary N) is 1. The molecule has 1 saturated carbocycles. The number of ether oxygens (including phenoxy) is 3. The highest BCUT2D eigenvalue weighted by Gasteiger charge is 2.53. The average molecular weight is 494 g/mol. The molecule has 0 spiro atoms. The number of benzene rings is 1. The first-order valence-corrected chi connectivity index (χ1v) is 10.6. The summed E-state index contributed by atoms with van der Waals surface area (Å²) in [6.45, 7) is -0.341. The second kappa shape index (κ2) is 9.43. The number of hydrogen-bond acceptors (Lipinski definition) is 7. The minimum absolute atomic E-state index is 0.0559. The van der Waals surface area contributed by atoms with Crippen LogP contribution in [0.2, 0.25) is 5.02 Å². The molecule has 2 fully saturated rings. The van der Waals surface area contributed by atoms with Gasteiger partial charge < -0.3 is 19.2 Å². The van der Waals surface area contributed by atoms with Crippen molar-refractivity contribution >= 4 is 17.5 Å². The summed E-state index contributed by atoms with van der Waals surface area (Å²) in [6, 6.07) is 5.80. The summed E-state index contributed by atoms with van der Waals surface area (Å²) in [5, 5.41) is 10.5. The van der Waals surface area contributed by atoms with E-state index in [1.165, 1.54) is 0 Å². The minimum atomic E-state index is -4.87. The average Bonchev–Trinajstić information content (AvgIpc) is 3.20. The van der Waals surface area contributed by atoms with Crippen LogP contribution in [0.5, 0.6) is 5.75 Å². The van der Waals surface area contributed by atoms with Gasteiger partial charge in [-0.05, 0) is 43.5 Å². The standard InChI is InChI=1S/C20H20ClF4N3O5/c21-11-2-4-13(5-3-11)30-10-15(29)26-12-8-14(22)16(31-9-12)17-27-28-18(32-17)19(6-1-7-19)33-20(23,24)25/h2-5,12,14,16H,1,6-10H2,(H,26,29)/t12-,14+,16+/m1/s1. The molecular weight excluding hydrogens is 474 g/mol. The van der Waals surface area contributed by atoms with Gasteiger partial charge in [0, 0.05) is 11.4 Å². The maximum Gasteiger partial charge on any atom is 0.523 e. The Morgan fingerprint density at radius 3 is 2.58 bits per heavy atom. The summed E-state index contributed by atoms with van der Waals surface area (Å²) in [4.78, 5) is 12.1. The Balaban J connectivity index is 1.30. The third-order valence-electron chi connectivity index (χ3n) is 5.41. The van der Waals surface area contributed by atoms with E-state index in [4.69, 9.17) is 25.5 Å². The van der Waals surface area contributed by atoms with E-state index in [0.29, 0.717) is 17.2 Å². The van der Waals surface area contributed by atoms with Gasteiger partial charge in [-0.2, -0.15) is 0 Å². The van der Waals surface area contributed by atoms with Gasteiger partial charge in [0.1, 0.15) is 11.9 Å². The fourth-order valence-corrected chi connectivity index (χ4v) is 3.80. The molecule has 4 rings (SSSR count). The molecule has 2 aromatic rings. The number of hydrogen-bond donors (Lipinski definition) is 1. The Labute approximate surface area is 190 Å². The molecule has 13 heteroatoms. The summed E-state index contributed by atoms with van der Waals surface area (Å²) in [5.41, 5.74) is -1.75. The van der Waals surface area contributed by atoms with Gasteiger partial charge in [0.15, 0.2) is 18.3 Å². The third kappa shape index (κ3) is 5.74. The highest BCUT2D eigenvalue weighted by molar-refractivity contribution is 6.30. The van der Waals surface area contributed by atoms with E-state index >= 15 is 0 Å². The number of aromatic nitrogens is 2. The number of nitrogens with zero attached hydrogens (tertiary/aromatic N) is 2. The van der Waals surface area contributed by atoms with E-state index in [1.54, 1.807) is 24.3 Å². The topological polar surface area (TPSA) is 95.7 Å². The number of alkyl halides is 4. The van der Waals surface area contributed by atoms with Crippen LogP contribution in [0.25, 0.3) is 0 Å². The number of halogens is 5. The predicted molar refractivity (Wildman–Crippen MR) is 104 cm³/mol. The van der Waals surface area contributed by atoms with Gasteiger partial charge >= 0.3 is 6.36 Å². The Morgan fingerprint density at radius 2 is 1.97 bits per heavy atom. The maximum atomic E-state index is 14.7. The Bertz CT molecular complexity index is 967. The van der Waals surface area contributed by atoms with Gasteiger partial charge in [-0.25, -0.2) is 4.39 Å². The number of carbonyl (C=O) groups excluding carboxylic acids is 1. The molecular formula is C20H20ClF4N3O5. The van der Waals surface area contributed by atoms with Crippen LogP contribution in [0.15, 0.2) is 28.7 Å². The Hall–Kier alpha value is -2.44. The van der Waals surface area contributed by atoms with Crippen LogP contribution in [-0.4, -0.2) is 47.9 Å². The Morgan fingerprint density at radius 1 is 1.24 bits per heavy atom. The molecule has 1 aliphatic heterocycles. The van der Waals surface area contributed by atoms with Crippen LogP contribution >= 0.6 is 11.6 Å². The van der Waals surface area contributed by atoms with Gasteiger partial charge in [-0.15, -0.1) is 23.4 Å².